The van der Waals surface area contributed by atoms with Crippen LogP contribution in [0.25, 0.3) is 0 Å². The summed E-state index contributed by atoms with van der Waals surface area (Å²) in [5, 5.41) is 0. The van der Waals surface area contributed by atoms with Gasteiger partial charge in [0.05, 0.1) is 0 Å². The summed E-state index contributed by atoms with van der Waals surface area (Å²) in [7, 11) is -3.90. The van der Waals surface area contributed by atoms with E-state index in [1.54, 1.807) is 4.90 Å². The molecule has 2 heterocycles. The van der Waals surface area contributed by atoms with Gasteiger partial charge in [0.25, 0.3) is 0 Å². The Labute approximate surface area is 122 Å². The molecule has 0 aromatic heterocycles. The number of benzene rings is 1. The maximum absolute atomic E-state index is 13.9. The number of anilines is 1. The minimum Gasteiger partial charge on any atom is -0.399 e. The molecule has 6 nitrogen and oxygen atoms in total. The van der Waals surface area contributed by atoms with Gasteiger partial charge in [0, 0.05) is 37.8 Å². The zero-order chi connectivity index (χ0) is 15.2. The summed E-state index contributed by atoms with van der Waals surface area (Å²) in [4.78, 5) is 13.0. The van der Waals surface area contributed by atoms with Gasteiger partial charge in [-0.2, -0.15) is 4.31 Å². The van der Waals surface area contributed by atoms with Crippen molar-refractivity contribution in [3.05, 3.63) is 24.0 Å². The first-order chi connectivity index (χ1) is 9.89. The molecule has 114 valence electrons. The molecule has 8 heteroatoms. The van der Waals surface area contributed by atoms with Crippen molar-refractivity contribution in [2.45, 2.75) is 23.8 Å². The zero-order valence-corrected chi connectivity index (χ0v) is 12.1. The number of carbonyl (C=O) groups excluding carboxylic acids is 1. The van der Waals surface area contributed by atoms with Crippen LogP contribution in [0.4, 0.5) is 10.1 Å². The molecule has 0 saturated carbocycles. The van der Waals surface area contributed by atoms with E-state index >= 15 is 0 Å². The second-order valence-electron chi connectivity index (χ2n) is 5.33. The minimum absolute atomic E-state index is 0.0655. The van der Waals surface area contributed by atoms with E-state index in [9.17, 15) is 17.6 Å². The zero-order valence-electron chi connectivity index (χ0n) is 11.3. The molecule has 0 radical (unpaired) electrons. The van der Waals surface area contributed by atoms with E-state index in [-0.39, 0.29) is 35.6 Å². The maximum Gasteiger partial charge on any atom is 0.246 e. The molecule has 0 spiro atoms. The minimum atomic E-state index is -3.90. The fraction of sp³-hybridized carbons (Fsp3) is 0.462. The van der Waals surface area contributed by atoms with E-state index in [0.717, 1.165) is 6.07 Å². The van der Waals surface area contributed by atoms with Gasteiger partial charge >= 0.3 is 0 Å². The Morgan fingerprint density at radius 1 is 1.29 bits per heavy atom. The highest BCUT2D eigenvalue weighted by Crippen LogP contribution is 2.28. The highest BCUT2D eigenvalue weighted by molar-refractivity contribution is 7.89. The predicted molar refractivity (Wildman–Crippen MR) is 74.3 cm³/mol. The third kappa shape index (κ3) is 2.38. The summed E-state index contributed by atoms with van der Waals surface area (Å²) >= 11 is 0. The smallest absolute Gasteiger partial charge is 0.246 e. The van der Waals surface area contributed by atoms with Gasteiger partial charge < -0.3 is 10.6 Å². The standard InChI is InChI=1S/C13H16FN3O3S/c14-11-7-9(15)1-3-12(11)21(19,20)16-5-6-17-10(8-16)2-4-13(17)18/h1,3,7,10H,2,4-6,8,15H2. The van der Waals surface area contributed by atoms with Crippen LogP contribution in [-0.4, -0.2) is 49.2 Å². The topological polar surface area (TPSA) is 83.7 Å². The van der Waals surface area contributed by atoms with Crippen LogP contribution in [0.2, 0.25) is 0 Å². The largest absolute Gasteiger partial charge is 0.399 e. The van der Waals surface area contributed by atoms with Crippen LogP contribution >= 0.6 is 0 Å². The van der Waals surface area contributed by atoms with Crippen LogP contribution in [0.5, 0.6) is 0 Å². The number of sulfonamides is 1. The molecule has 0 bridgehead atoms. The highest BCUT2D eigenvalue weighted by atomic mass is 32.2. The van der Waals surface area contributed by atoms with Crippen molar-refractivity contribution in [2.24, 2.45) is 0 Å². The molecule has 2 aliphatic heterocycles. The van der Waals surface area contributed by atoms with E-state index < -0.39 is 15.8 Å². The number of nitrogens with two attached hydrogens (primary N) is 1. The molecular weight excluding hydrogens is 297 g/mol. The van der Waals surface area contributed by atoms with Gasteiger partial charge in [-0.3, -0.25) is 4.79 Å². The lowest BCUT2D eigenvalue weighted by molar-refractivity contribution is -0.130. The van der Waals surface area contributed by atoms with Crippen molar-refractivity contribution in [1.29, 1.82) is 0 Å². The lowest BCUT2D eigenvalue weighted by Gasteiger charge is -2.36. The second kappa shape index (κ2) is 4.96. The molecule has 0 aliphatic carbocycles. The van der Waals surface area contributed by atoms with Gasteiger partial charge in [0.1, 0.15) is 10.7 Å². The first kappa shape index (κ1) is 14.3. The second-order valence-corrected chi connectivity index (χ2v) is 7.24. The molecule has 2 aliphatic rings. The SMILES string of the molecule is Nc1ccc(S(=O)(=O)N2CCN3C(=O)CCC3C2)c(F)c1. The summed E-state index contributed by atoms with van der Waals surface area (Å²) in [6, 6.07) is 3.46. The molecule has 2 N–H and O–H groups in total. The van der Waals surface area contributed by atoms with Crippen LogP contribution in [0, 0.1) is 5.82 Å². The van der Waals surface area contributed by atoms with E-state index in [1.807, 2.05) is 0 Å². The third-order valence-corrected chi connectivity index (χ3v) is 5.93. The monoisotopic (exact) mass is 313 g/mol. The number of nitrogen functional groups attached to an aromatic ring is 1. The average molecular weight is 313 g/mol. The summed E-state index contributed by atoms with van der Waals surface area (Å²) < 4.78 is 40.2. The van der Waals surface area contributed by atoms with Gasteiger partial charge in [-0.05, 0) is 24.6 Å². The van der Waals surface area contributed by atoms with E-state index in [4.69, 9.17) is 5.73 Å². The fourth-order valence-corrected chi connectivity index (χ4v) is 4.43. The van der Waals surface area contributed by atoms with Crippen LogP contribution < -0.4 is 5.73 Å². The number of piperazine rings is 1. The number of amides is 1. The number of hydrogen-bond donors (Lipinski definition) is 1. The molecule has 1 unspecified atom stereocenters. The number of fused-ring (bicyclic) bond motifs is 1. The van der Waals surface area contributed by atoms with Gasteiger partial charge in [0.2, 0.25) is 15.9 Å². The summed E-state index contributed by atoms with van der Waals surface area (Å²) in [6.45, 7) is 0.769. The molecule has 1 amide bonds. The quantitative estimate of drug-likeness (QED) is 0.801. The fourth-order valence-electron chi connectivity index (χ4n) is 2.92. The van der Waals surface area contributed by atoms with Crippen LogP contribution in [0.3, 0.4) is 0 Å². The lowest BCUT2D eigenvalue weighted by Crippen LogP contribution is -2.53. The Morgan fingerprint density at radius 2 is 2.05 bits per heavy atom. The first-order valence-electron chi connectivity index (χ1n) is 6.74. The molecular formula is C13H16FN3O3S. The third-order valence-electron chi connectivity index (χ3n) is 4.03. The molecule has 2 fully saturated rings. The van der Waals surface area contributed by atoms with E-state index in [1.165, 1.54) is 16.4 Å². The average Bonchev–Trinajstić information content (AvgIpc) is 2.79. The number of carbonyl (C=O) groups is 1. The van der Waals surface area contributed by atoms with Crippen molar-refractivity contribution in [3.8, 4) is 0 Å². The van der Waals surface area contributed by atoms with Crippen LogP contribution in [0.1, 0.15) is 12.8 Å². The van der Waals surface area contributed by atoms with Gasteiger partial charge in [-0.15, -0.1) is 0 Å². The Morgan fingerprint density at radius 3 is 2.76 bits per heavy atom. The Kier molecular flexibility index (Phi) is 3.37. The van der Waals surface area contributed by atoms with Crippen molar-refractivity contribution >= 4 is 21.6 Å². The number of rotatable bonds is 2. The van der Waals surface area contributed by atoms with E-state index in [0.29, 0.717) is 19.4 Å². The molecule has 1 aromatic rings. The first-order valence-corrected chi connectivity index (χ1v) is 8.18. The van der Waals surface area contributed by atoms with Gasteiger partial charge in [-0.25, -0.2) is 12.8 Å². The normalized spacial score (nSPS) is 23.4. The Bertz CT molecular complexity index is 692. The Balaban J connectivity index is 1.87. The number of hydrogen-bond acceptors (Lipinski definition) is 4. The van der Waals surface area contributed by atoms with Crippen molar-refractivity contribution < 1.29 is 17.6 Å². The van der Waals surface area contributed by atoms with Crippen molar-refractivity contribution in [3.63, 3.8) is 0 Å². The molecule has 21 heavy (non-hydrogen) atoms. The number of nitrogens with zero attached hydrogens (tertiary/aromatic N) is 2. The predicted octanol–water partition coefficient (Wildman–Crippen LogP) is 0.403. The molecule has 1 aromatic carbocycles. The van der Waals surface area contributed by atoms with Crippen molar-refractivity contribution in [1.82, 2.24) is 9.21 Å². The lowest BCUT2D eigenvalue weighted by atomic mass is 10.2. The number of halogens is 1. The van der Waals surface area contributed by atoms with Gasteiger partial charge in [0.15, 0.2) is 0 Å². The van der Waals surface area contributed by atoms with Gasteiger partial charge in [-0.1, -0.05) is 0 Å². The Hall–Kier alpha value is -1.67. The van der Waals surface area contributed by atoms with Crippen molar-refractivity contribution in [2.75, 3.05) is 25.4 Å². The maximum atomic E-state index is 13.9. The molecule has 3 rings (SSSR count). The molecule has 2 saturated heterocycles. The summed E-state index contributed by atoms with van der Waals surface area (Å²) in [5.74, 6) is -0.782. The molecule has 1 atom stereocenters. The van der Waals surface area contributed by atoms with E-state index in [2.05, 4.69) is 0 Å². The van der Waals surface area contributed by atoms with Crippen LogP contribution in [0.15, 0.2) is 23.1 Å². The summed E-state index contributed by atoms with van der Waals surface area (Å²) in [6.07, 6.45) is 1.10. The summed E-state index contributed by atoms with van der Waals surface area (Å²) in [5.41, 5.74) is 5.62. The highest BCUT2D eigenvalue weighted by Gasteiger charge is 2.40. The van der Waals surface area contributed by atoms with Crippen LogP contribution in [-0.2, 0) is 14.8 Å².